The average Bonchev–Trinajstić information content (AvgIpc) is 3.32. The SMILES string of the molecule is c1ccc(-c2cccc(-c3cccc(-c4cc5c6ccccc6oc5c5ccccc45)c3)n2)nc1. The van der Waals surface area contributed by atoms with Crippen molar-refractivity contribution in [3.63, 3.8) is 0 Å². The van der Waals surface area contributed by atoms with Gasteiger partial charge in [0.1, 0.15) is 11.2 Å². The van der Waals surface area contributed by atoms with E-state index in [-0.39, 0.29) is 0 Å². The summed E-state index contributed by atoms with van der Waals surface area (Å²) < 4.78 is 6.29. The van der Waals surface area contributed by atoms with Gasteiger partial charge in [-0.3, -0.25) is 4.98 Å². The fourth-order valence-corrected chi connectivity index (χ4v) is 4.88. The van der Waals surface area contributed by atoms with Crippen LogP contribution in [0.2, 0.25) is 0 Å². The van der Waals surface area contributed by atoms with Crippen LogP contribution >= 0.6 is 0 Å². The Morgan fingerprint density at radius 2 is 1.20 bits per heavy atom. The molecule has 0 fully saturated rings. The van der Waals surface area contributed by atoms with E-state index in [1.165, 1.54) is 10.9 Å². The minimum Gasteiger partial charge on any atom is -0.455 e. The molecule has 0 saturated heterocycles. The van der Waals surface area contributed by atoms with E-state index >= 15 is 0 Å². The number of hydrogen-bond donors (Lipinski definition) is 0. The molecule has 7 aromatic rings. The third-order valence-electron chi connectivity index (χ3n) is 6.53. The number of para-hydroxylation sites is 1. The monoisotopic (exact) mass is 448 g/mol. The van der Waals surface area contributed by atoms with Crippen LogP contribution in [0, 0.1) is 0 Å². The third-order valence-corrected chi connectivity index (χ3v) is 6.53. The Balaban J connectivity index is 1.43. The van der Waals surface area contributed by atoms with Gasteiger partial charge in [0, 0.05) is 27.9 Å². The number of furan rings is 1. The lowest BCUT2D eigenvalue weighted by Crippen LogP contribution is -1.90. The summed E-state index contributed by atoms with van der Waals surface area (Å²) in [6.45, 7) is 0. The van der Waals surface area contributed by atoms with E-state index in [4.69, 9.17) is 9.40 Å². The molecule has 3 heteroatoms. The zero-order valence-corrected chi connectivity index (χ0v) is 18.8. The van der Waals surface area contributed by atoms with Crippen LogP contribution in [-0.4, -0.2) is 9.97 Å². The Kier molecular flexibility index (Phi) is 4.46. The van der Waals surface area contributed by atoms with Crippen LogP contribution < -0.4 is 0 Å². The number of benzene rings is 4. The molecule has 0 radical (unpaired) electrons. The standard InChI is InChI=1S/C32H20N2O/c1-2-13-25-23(11-1)26(20-27-24-12-3-4-17-31(24)35-32(25)27)21-9-7-10-22(19-21)28-15-8-16-30(34-28)29-14-5-6-18-33-29/h1-20H. The maximum atomic E-state index is 6.29. The van der Waals surface area contributed by atoms with Crippen molar-refractivity contribution in [2.45, 2.75) is 0 Å². The van der Waals surface area contributed by atoms with Crippen molar-refractivity contribution in [2.75, 3.05) is 0 Å². The Hall–Kier alpha value is -4.76. The molecule has 4 aromatic carbocycles. The normalized spacial score (nSPS) is 11.4. The van der Waals surface area contributed by atoms with Gasteiger partial charge in [0.2, 0.25) is 0 Å². The molecule has 0 aliphatic heterocycles. The number of pyridine rings is 2. The maximum Gasteiger partial charge on any atom is 0.143 e. The van der Waals surface area contributed by atoms with Crippen LogP contribution in [0.15, 0.2) is 126 Å². The molecule has 0 N–H and O–H groups in total. The third kappa shape index (κ3) is 3.29. The molecule has 0 spiro atoms. The van der Waals surface area contributed by atoms with E-state index in [9.17, 15) is 0 Å². The van der Waals surface area contributed by atoms with Crippen LogP contribution in [0.4, 0.5) is 0 Å². The molecule has 0 saturated carbocycles. The maximum absolute atomic E-state index is 6.29. The molecule has 35 heavy (non-hydrogen) atoms. The van der Waals surface area contributed by atoms with Gasteiger partial charge in [-0.05, 0) is 59.0 Å². The van der Waals surface area contributed by atoms with Crippen LogP contribution in [0.25, 0.3) is 66.5 Å². The number of hydrogen-bond acceptors (Lipinski definition) is 3. The Morgan fingerprint density at radius 1 is 0.486 bits per heavy atom. The van der Waals surface area contributed by atoms with Crippen LogP contribution in [0.5, 0.6) is 0 Å². The average molecular weight is 449 g/mol. The molecule has 164 valence electrons. The zero-order valence-electron chi connectivity index (χ0n) is 18.8. The minimum atomic E-state index is 0.866. The summed E-state index contributed by atoms with van der Waals surface area (Å²) in [6, 6.07) is 39.6. The van der Waals surface area contributed by atoms with E-state index in [1.54, 1.807) is 6.20 Å². The van der Waals surface area contributed by atoms with Crippen LogP contribution in [-0.2, 0) is 0 Å². The van der Waals surface area contributed by atoms with E-state index < -0.39 is 0 Å². The molecule has 7 rings (SSSR count). The van der Waals surface area contributed by atoms with Crippen molar-refractivity contribution < 1.29 is 4.42 Å². The van der Waals surface area contributed by atoms with Crippen molar-refractivity contribution in [3.8, 4) is 33.8 Å². The molecular weight excluding hydrogens is 428 g/mol. The van der Waals surface area contributed by atoms with Crippen LogP contribution in [0.3, 0.4) is 0 Å². The van der Waals surface area contributed by atoms with E-state index in [0.29, 0.717) is 0 Å². The first-order chi connectivity index (χ1) is 17.3. The second-order valence-electron chi connectivity index (χ2n) is 8.65. The van der Waals surface area contributed by atoms with Gasteiger partial charge in [0.15, 0.2) is 0 Å². The molecule has 3 nitrogen and oxygen atoms in total. The van der Waals surface area contributed by atoms with Gasteiger partial charge in [-0.15, -0.1) is 0 Å². The van der Waals surface area contributed by atoms with Crippen molar-refractivity contribution in [1.29, 1.82) is 0 Å². The number of fused-ring (bicyclic) bond motifs is 5. The number of aromatic nitrogens is 2. The highest BCUT2D eigenvalue weighted by molar-refractivity contribution is 6.19. The lowest BCUT2D eigenvalue weighted by molar-refractivity contribution is 0.672. The summed E-state index contributed by atoms with van der Waals surface area (Å²) in [6.07, 6.45) is 1.80. The summed E-state index contributed by atoms with van der Waals surface area (Å²) in [4.78, 5) is 9.38. The molecule has 3 aromatic heterocycles. The molecule has 0 aliphatic carbocycles. The molecule has 0 aliphatic rings. The van der Waals surface area contributed by atoms with Crippen molar-refractivity contribution >= 4 is 32.7 Å². The molecule has 3 heterocycles. The van der Waals surface area contributed by atoms with Gasteiger partial charge < -0.3 is 4.42 Å². The smallest absolute Gasteiger partial charge is 0.143 e. The van der Waals surface area contributed by atoms with Crippen molar-refractivity contribution in [3.05, 3.63) is 121 Å². The summed E-state index contributed by atoms with van der Waals surface area (Å²) in [5.41, 5.74) is 7.91. The number of rotatable bonds is 3. The lowest BCUT2D eigenvalue weighted by atomic mass is 9.94. The fourth-order valence-electron chi connectivity index (χ4n) is 4.88. The van der Waals surface area contributed by atoms with Gasteiger partial charge in [0.05, 0.1) is 17.1 Å². The van der Waals surface area contributed by atoms with E-state index in [1.807, 2.05) is 42.5 Å². The molecule has 0 atom stereocenters. The zero-order chi connectivity index (χ0) is 23.2. The summed E-state index contributed by atoms with van der Waals surface area (Å²) >= 11 is 0. The first-order valence-electron chi connectivity index (χ1n) is 11.7. The highest BCUT2D eigenvalue weighted by atomic mass is 16.3. The van der Waals surface area contributed by atoms with Gasteiger partial charge >= 0.3 is 0 Å². The Bertz CT molecular complexity index is 1850. The molecule has 0 unspecified atom stereocenters. The Morgan fingerprint density at radius 3 is 2.09 bits per heavy atom. The fraction of sp³-hybridized carbons (Fsp3) is 0. The summed E-state index contributed by atoms with van der Waals surface area (Å²) in [5, 5.41) is 4.56. The van der Waals surface area contributed by atoms with Gasteiger partial charge in [-0.2, -0.15) is 0 Å². The van der Waals surface area contributed by atoms with Gasteiger partial charge in [0.25, 0.3) is 0 Å². The van der Waals surface area contributed by atoms with Gasteiger partial charge in [-0.1, -0.05) is 72.8 Å². The lowest BCUT2D eigenvalue weighted by Gasteiger charge is -2.10. The summed E-state index contributed by atoms with van der Waals surface area (Å²) in [7, 11) is 0. The molecular formula is C32H20N2O. The predicted molar refractivity (Wildman–Crippen MR) is 143 cm³/mol. The second kappa shape index (κ2) is 7.93. The second-order valence-corrected chi connectivity index (χ2v) is 8.65. The predicted octanol–water partition coefficient (Wildman–Crippen LogP) is 8.53. The van der Waals surface area contributed by atoms with Crippen molar-refractivity contribution in [2.24, 2.45) is 0 Å². The highest BCUT2D eigenvalue weighted by Gasteiger charge is 2.15. The van der Waals surface area contributed by atoms with E-state index in [0.717, 1.165) is 55.5 Å². The Labute approximate surface area is 202 Å². The molecule has 0 amide bonds. The molecule has 0 bridgehead atoms. The largest absolute Gasteiger partial charge is 0.455 e. The van der Waals surface area contributed by atoms with Crippen LogP contribution in [0.1, 0.15) is 0 Å². The van der Waals surface area contributed by atoms with Crippen molar-refractivity contribution in [1.82, 2.24) is 9.97 Å². The highest BCUT2D eigenvalue weighted by Crippen LogP contribution is 2.40. The van der Waals surface area contributed by atoms with E-state index in [2.05, 4.69) is 77.8 Å². The van der Waals surface area contributed by atoms with Gasteiger partial charge in [-0.25, -0.2) is 4.98 Å². The topological polar surface area (TPSA) is 38.9 Å². The number of nitrogens with zero attached hydrogens (tertiary/aromatic N) is 2. The quantitative estimate of drug-likeness (QED) is 0.272. The first kappa shape index (κ1) is 19.7. The summed E-state index contributed by atoms with van der Waals surface area (Å²) in [5.74, 6) is 0. The minimum absolute atomic E-state index is 0.866. The first-order valence-corrected chi connectivity index (χ1v) is 11.7.